The van der Waals surface area contributed by atoms with Crippen LogP contribution < -0.4 is 0 Å². The lowest BCUT2D eigenvalue weighted by Gasteiger charge is -2.44. The van der Waals surface area contributed by atoms with Crippen molar-refractivity contribution in [3.63, 3.8) is 0 Å². The van der Waals surface area contributed by atoms with Crippen molar-refractivity contribution in [1.82, 2.24) is 0 Å². The number of aldehydes is 1. The first-order chi connectivity index (χ1) is 9.87. The molecule has 1 unspecified atom stereocenters. The quantitative estimate of drug-likeness (QED) is 0.266. The van der Waals surface area contributed by atoms with Gasteiger partial charge >= 0.3 is 0 Å². The predicted octanol–water partition coefficient (Wildman–Crippen LogP) is 5.31. The third-order valence-electron chi connectivity index (χ3n) is 5.30. The van der Waals surface area contributed by atoms with E-state index in [0.717, 1.165) is 6.29 Å². The minimum atomic E-state index is -2.08. The van der Waals surface area contributed by atoms with Gasteiger partial charge < -0.3 is 9.22 Å². The maximum atomic E-state index is 11.6. The van der Waals surface area contributed by atoms with Crippen LogP contribution in [0.15, 0.2) is 0 Å². The second-order valence-corrected chi connectivity index (χ2v) is 19.4. The third-order valence-corrected chi connectivity index (χ3v) is 14.1. The minimum absolute atomic E-state index is 0.0187. The smallest absolute Gasteiger partial charge is 0.238 e. The highest BCUT2D eigenvalue weighted by molar-refractivity contribution is 6.74. The zero-order valence-electron chi connectivity index (χ0n) is 17.3. The van der Waals surface area contributed by atoms with Crippen LogP contribution >= 0.6 is 0 Å². The summed E-state index contributed by atoms with van der Waals surface area (Å²) in [6, 6.07) is 0. The zero-order valence-corrected chi connectivity index (χ0v) is 19.3. The lowest BCUT2D eigenvalue weighted by atomic mass is 10.0. The Morgan fingerprint density at radius 1 is 0.783 bits per heavy atom. The van der Waals surface area contributed by atoms with E-state index < -0.39 is 28.3 Å². The highest BCUT2D eigenvalue weighted by atomic mass is 28.4. The first kappa shape index (κ1) is 23.0. The van der Waals surface area contributed by atoms with Crippen LogP contribution in [-0.4, -0.2) is 34.6 Å². The average molecular weight is 363 g/mol. The molecule has 0 spiro atoms. The molecular weight excluding hydrogens is 324 g/mol. The molecule has 0 saturated carbocycles. The topological polar surface area (TPSA) is 44.8 Å². The molecule has 1 atom stereocenters. The second-order valence-electron chi connectivity index (χ2n) is 9.96. The number of carbonyl (C=O) groups is 1. The van der Waals surface area contributed by atoms with Gasteiger partial charge in [0.1, 0.15) is 0 Å². The van der Waals surface area contributed by atoms with Crippen LogP contribution in [0.4, 0.5) is 0 Å². The highest BCUT2D eigenvalue weighted by Crippen LogP contribution is 2.41. The SMILES string of the molecule is CC(C)(O[Si](C)(C)C(C)(C)C)C(C=O)OO[Si](C)(C)C(C)(C)C. The summed E-state index contributed by atoms with van der Waals surface area (Å²) < 4.78 is 12.2. The fraction of sp³-hybridized carbons (Fsp3) is 0.941. The van der Waals surface area contributed by atoms with Crippen LogP contribution in [0.2, 0.25) is 36.3 Å². The Balaban J connectivity index is 5.13. The molecule has 0 aromatic heterocycles. The predicted molar refractivity (Wildman–Crippen MR) is 102 cm³/mol. The fourth-order valence-electron chi connectivity index (χ4n) is 1.47. The second kappa shape index (κ2) is 7.08. The Kier molecular flexibility index (Phi) is 7.07. The molecule has 0 rings (SSSR count). The van der Waals surface area contributed by atoms with Gasteiger partial charge in [0.25, 0.3) is 0 Å². The van der Waals surface area contributed by atoms with Crippen molar-refractivity contribution < 1.29 is 18.7 Å². The van der Waals surface area contributed by atoms with Crippen LogP contribution in [0, 0.1) is 0 Å². The molecule has 0 saturated heterocycles. The van der Waals surface area contributed by atoms with E-state index >= 15 is 0 Å². The normalized spacial score (nSPS) is 16.3. The van der Waals surface area contributed by atoms with E-state index in [1.165, 1.54) is 0 Å². The van der Waals surface area contributed by atoms with E-state index in [1.54, 1.807) is 0 Å². The van der Waals surface area contributed by atoms with Gasteiger partial charge in [0.2, 0.25) is 8.32 Å². The summed E-state index contributed by atoms with van der Waals surface area (Å²) in [5, 5.41) is 0.0862. The number of hydrogen-bond donors (Lipinski definition) is 0. The molecule has 0 N–H and O–H groups in total. The first-order valence-electron chi connectivity index (χ1n) is 8.37. The summed E-state index contributed by atoms with van der Waals surface area (Å²) in [5.41, 5.74) is -0.729. The molecule has 138 valence electrons. The summed E-state index contributed by atoms with van der Waals surface area (Å²) in [6.07, 6.45) is 0.0473. The monoisotopic (exact) mass is 362 g/mol. The van der Waals surface area contributed by atoms with E-state index in [2.05, 4.69) is 67.7 Å². The first-order valence-corrected chi connectivity index (χ1v) is 14.2. The van der Waals surface area contributed by atoms with Crippen molar-refractivity contribution in [2.24, 2.45) is 0 Å². The van der Waals surface area contributed by atoms with Gasteiger partial charge in [0.05, 0.1) is 5.60 Å². The molecule has 0 aliphatic heterocycles. The van der Waals surface area contributed by atoms with Crippen LogP contribution in [-0.2, 0) is 18.7 Å². The summed E-state index contributed by atoms with van der Waals surface area (Å²) >= 11 is 0. The molecule has 0 aromatic carbocycles. The van der Waals surface area contributed by atoms with Crippen LogP contribution in [0.3, 0.4) is 0 Å². The van der Waals surface area contributed by atoms with Gasteiger partial charge in [-0.25, -0.2) is 4.89 Å². The maximum absolute atomic E-state index is 11.6. The molecule has 23 heavy (non-hydrogen) atoms. The number of carbonyl (C=O) groups excluding carboxylic acids is 1. The third kappa shape index (κ3) is 6.09. The maximum Gasteiger partial charge on any atom is 0.238 e. The Hall–Kier alpha value is -0.0162. The van der Waals surface area contributed by atoms with Gasteiger partial charge in [-0.1, -0.05) is 41.5 Å². The van der Waals surface area contributed by atoms with E-state index in [4.69, 9.17) is 13.9 Å². The van der Waals surface area contributed by atoms with Gasteiger partial charge in [-0.2, -0.15) is 0 Å². The van der Waals surface area contributed by atoms with Crippen LogP contribution in [0.5, 0.6) is 0 Å². The van der Waals surface area contributed by atoms with E-state index in [1.807, 2.05) is 13.8 Å². The fourth-order valence-corrected chi connectivity index (χ4v) is 3.80. The Bertz CT molecular complexity index is 404. The van der Waals surface area contributed by atoms with E-state index in [9.17, 15) is 4.79 Å². The summed E-state index contributed by atoms with van der Waals surface area (Å²) in [5.74, 6) is 0. The highest BCUT2D eigenvalue weighted by Gasteiger charge is 2.46. The summed E-state index contributed by atoms with van der Waals surface area (Å²) in [4.78, 5) is 17.2. The molecule has 0 bridgehead atoms. The van der Waals surface area contributed by atoms with Crippen molar-refractivity contribution in [2.45, 2.75) is 103 Å². The molecule has 0 aliphatic rings. The van der Waals surface area contributed by atoms with Gasteiger partial charge in [0.15, 0.2) is 20.7 Å². The Labute approximate surface area is 145 Å². The molecule has 0 amide bonds. The molecule has 0 aromatic rings. The molecule has 0 fully saturated rings. The van der Waals surface area contributed by atoms with Crippen molar-refractivity contribution in [3.05, 3.63) is 0 Å². The molecule has 6 heteroatoms. The average Bonchev–Trinajstić information content (AvgIpc) is 2.24. The number of hydrogen-bond acceptors (Lipinski definition) is 4. The minimum Gasteiger partial charge on any atom is -0.409 e. The van der Waals surface area contributed by atoms with Gasteiger partial charge in [-0.3, -0.25) is 4.58 Å². The van der Waals surface area contributed by atoms with Gasteiger partial charge in [0, 0.05) is 0 Å². The van der Waals surface area contributed by atoms with E-state index in [0.29, 0.717) is 0 Å². The van der Waals surface area contributed by atoms with Crippen molar-refractivity contribution in [2.75, 3.05) is 0 Å². The molecule has 4 nitrogen and oxygen atoms in total. The van der Waals surface area contributed by atoms with Gasteiger partial charge in [-0.05, 0) is 50.1 Å². The molecule has 0 radical (unpaired) electrons. The largest absolute Gasteiger partial charge is 0.409 e. The van der Waals surface area contributed by atoms with Crippen LogP contribution in [0.1, 0.15) is 55.4 Å². The lowest BCUT2D eigenvalue weighted by Crippen LogP contribution is -2.54. The zero-order chi connectivity index (χ0) is 18.9. The van der Waals surface area contributed by atoms with Gasteiger partial charge in [-0.15, -0.1) is 0 Å². The van der Waals surface area contributed by atoms with Crippen molar-refractivity contribution in [3.8, 4) is 0 Å². The summed E-state index contributed by atoms with van der Waals surface area (Å²) in [6.45, 7) is 25.3. The van der Waals surface area contributed by atoms with Crippen molar-refractivity contribution >= 4 is 22.9 Å². The Morgan fingerprint density at radius 2 is 1.17 bits per heavy atom. The lowest BCUT2D eigenvalue weighted by molar-refractivity contribution is -0.276. The summed E-state index contributed by atoms with van der Waals surface area (Å²) in [7, 11) is -4.10. The van der Waals surface area contributed by atoms with Crippen LogP contribution in [0.25, 0.3) is 0 Å². The van der Waals surface area contributed by atoms with Crippen molar-refractivity contribution in [1.29, 1.82) is 0 Å². The number of rotatable bonds is 7. The molecule has 0 aliphatic carbocycles. The van der Waals surface area contributed by atoms with E-state index in [-0.39, 0.29) is 10.1 Å². The molecule has 0 heterocycles. The standard InChI is InChI=1S/C17H38O4Si2/c1-15(2,3)22(9,10)20-17(7,8)14(13-18)19-21-23(11,12)16(4,5)6/h13-14H,1-12H3. The molecular formula is C17H38O4Si2. The Morgan fingerprint density at radius 3 is 1.48 bits per heavy atom.